The minimum atomic E-state index is 0.0758. The first-order chi connectivity index (χ1) is 10.6. The molecule has 3 N–H and O–H groups in total. The molecular weight excluding hydrogens is 274 g/mol. The van der Waals surface area contributed by atoms with Crippen LogP contribution >= 0.6 is 0 Å². The molecule has 1 aliphatic rings. The lowest BCUT2D eigenvalue weighted by Crippen LogP contribution is -2.15. The summed E-state index contributed by atoms with van der Waals surface area (Å²) >= 11 is 0. The van der Waals surface area contributed by atoms with Crippen LogP contribution in [0.5, 0.6) is 0 Å². The second kappa shape index (κ2) is 5.89. The van der Waals surface area contributed by atoms with Crippen LogP contribution < -0.4 is 11.1 Å². The lowest BCUT2D eigenvalue weighted by molar-refractivity contribution is -0.117. The highest BCUT2D eigenvalue weighted by Gasteiger charge is 2.39. The van der Waals surface area contributed by atoms with E-state index in [0.717, 1.165) is 23.1 Å². The fraction of sp³-hybridized carbons (Fsp3) is 0.333. The van der Waals surface area contributed by atoms with Crippen LogP contribution in [0.15, 0.2) is 36.5 Å². The lowest BCUT2D eigenvalue weighted by atomic mass is 10.0. The number of carbonyl (C=O) groups is 1. The van der Waals surface area contributed by atoms with Gasteiger partial charge in [0.15, 0.2) is 0 Å². The van der Waals surface area contributed by atoms with E-state index in [0.29, 0.717) is 18.3 Å². The number of hydrogen-bond acceptors (Lipinski definition) is 3. The molecule has 0 radical (unpaired) electrons. The molecule has 1 heterocycles. The predicted octanol–water partition coefficient (Wildman–Crippen LogP) is 3.11. The fourth-order valence-corrected chi connectivity index (χ4v) is 2.69. The minimum absolute atomic E-state index is 0.0758. The summed E-state index contributed by atoms with van der Waals surface area (Å²) in [4.78, 5) is 16.2. The van der Waals surface area contributed by atoms with E-state index in [1.807, 2.05) is 12.1 Å². The highest BCUT2D eigenvalue weighted by atomic mass is 16.2. The second-order valence-corrected chi connectivity index (χ2v) is 6.08. The van der Waals surface area contributed by atoms with Crippen LogP contribution in [-0.4, -0.2) is 10.9 Å². The van der Waals surface area contributed by atoms with Crippen molar-refractivity contribution >= 4 is 11.7 Å². The molecule has 22 heavy (non-hydrogen) atoms. The van der Waals surface area contributed by atoms with Crippen molar-refractivity contribution in [2.24, 2.45) is 17.6 Å². The van der Waals surface area contributed by atoms with Crippen LogP contribution in [0.4, 0.5) is 5.82 Å². The average molecular weight is 295 g/mol. The number of hydrogen-bond donors (Lipinski definition) is 2. The third-order valence-electron chi connectivity index (χ3n) is 4.35. The Morgan fingerprint density at radius 2 is 2.05 bits per heavy atom. The number of anilines is 1. The standard InChI is InChI=1S/C18H21N3O/c1-11-7-13(3-4-15(11)10-19)14-5-6-20-17(9-14)21-18(22)16-8-12(16)2/h3-7,9,12,16H,8,10,19H2,1-2H3,(H,20,21,22)/t12-,16+/m0/s1. The number of amides is 1. The topological polar surface area (TPSA) is 68.0 Å². The van der Waals surface area contributed by atoms with E-state index in [9.17, 15) is 4.79 Å². The summed E-state index contributed by atoms with van der Waals surface area (Å²) in [5, 5.41) is 2.91. The summed E-state index contributed by atoms with van der Waals surface area (Å²) in [6, 6.07) is 10.1. The van der Waals surface area contributed by atoms with E-state index < -0.39 is 0 Å². The molecule has 0 spiro atoms. The van der Waals surface area contributed by atoms with Crippen molar-refractivity contribution in [3.63, 3.8) is 0 Å². The van der Waals surface area contributed by atoms with Crippen molar-refractivity contribution in [2.75, 3.05) is 5.32 Å². The number of nitrogens with zero attached hydrogens (tertiary/aromatic N) is 1. The number of nitrogens with one attached hydrogen (secondary N) is 1. The van der Waals surface area contributed by atoms with Gasteiger partial charge in [-0.05, 0) is 53.6 Å². The Hall–Kier alpha value is -2.20. The van der Waals surface area contributed by atoms with Gasteiger partial charge in [-0.1, -0.05) is 25.1 Å². The van der Waals surface area contributed by atoms with Crippen LogP contribution in [-0.2, 0) is 11.3 Å². The zero-order chi connectivity index (χ0) is 15.7. The summed E-state index contributed by atoms with van der Waals surface area (Å²) in [5.74, 6) is 1.33. The van der Waals surface area contributed by atoms with Crippen LogP contribution in [0.1, 0.15) is 24.5 Å². The number of nitrogens with two attached hydrogens (primary N) is 1. The summed E-state index contributed by atoms with van der Waals surface area (Å²) < 4.78 is 0. The van der Waals surface area contributed by atoms with E-state index in [1.165, 1.54) is 5.56 Å². The van der Waals surface area contributed by atoms with Gasteiger partial charge in [-0.2, -0.15) is 0 Å². The van der Waals surface area contributed by atoms with Gasteiger partial charge in [0.1, 0.15) is 5.82 Å². The van der Waals surface area contributed by atoms with Gasteiger partial charge in [0, 0.05) is 18.7 Å². The first-order valence-corrected chi connectivity index (χ1v) is 7.65. The maximum Gasteiger partial charge on any atom is 0.228 e. The molecule has 1 fully saturated rings. The van der Waals surface area contributed by atoms with Crippen LogP contribution in [0, 0.1) is 18.8 Å². The Labute approximate surface area is 130 Å². The Bertz CT molecular complexity index is 711. The number of benzene rings is 1. The molecule has 1 aromatic carbocycles. The highest BCUT2D eigenvalue weighted by Crippen LogP contribution is 2.38. The first kappa shape index (κ1) is 14.7. The molecule has 1 amide bonds. The molecule has 0 bridgehead atoms. The van der Waals surface area contributed by atoms with E-state index in [-0.39, 0.29) is 11.8 Å². The van der Waals surface area contributed by atoms with Gasteiger partial charge in [-0.15, -0.1) is 0 Å². The third kappa shape index (κ3) is 3.02. The van der Waals surface area contributed by atoms with Crippen molar-refractivity contribution < 1.29 is 4.79 Å². The number of rotatable bonds is 4. The fourth-order valence-electron chi connectivity index (χ4n) is 2.69. The van der Waals surface area contributed by atoms with Crippen molar-refractivity contribution in [1.82, 2.24) is 4.98 Å². The Balaban J connectivity index is 1.81. The third-order valence-corrected chi connectivity index (χ3v) is 4.35. The Kier molecular flexibility index (Phi) is 3.94. The molecule has 0 unspecified atom stereocenters. The van der Waals surface area contributed by atoms with Gasteiger partial charge < -0.3 is 11.1 Å². The molecule has 0 aliphatic heterocycles. The molecule has 1 saturated carbocycles. The van der Waals surface area contributed by atoms with Crippen LogP contribution in [0.2, 0.25) is 0 Å². The van der Waals surface area contributed by atoms with Crippen LogP contribution in [0.25, 0.3) is 11.1 Å². The Morgan fingerprint density at radius 3 is 2.68 bits per heavy atom. The maximum absolute atomic E-state index is 12.0. The van der Waals surface area contributed by atoms with Crippen molar-refractivity contribution in [3.8, 4) is 11.1 Å². The quantitative estimate of drug-likeness (QED) is 0.910. The van der Waals surface area contributed by atoms with Crippen molar-refractivity contribution in [3.05, 3.63) is 47.7 Å². The molecule has 2 atom stereocenters. The molecule has 114 valence electrons. The number of carbonyl (C=O) groups excluding carboxylic acids is 1. The second-order valence-electron chi connectivity index (χ2n) is 6.08. The zero-order valence-corrected chi connectivity index (χ0v) is 13.0. The predicted molar refractivity (Wildman–Crippen MR) is 88.2 cm³/mol. The SMILES string of the molecule is Cc1cc(-c2ccnc(NC(=O)[C@@H]3C[C@@H]3C)c2)ccc1CN. The summed E-state index contributed by atoms with van der Waals surface area (Å²) in [6.45, 7) is 4.70. The van der Waals surface area contributed by atoms with Gasteiger partial charge >= 0.3 is 0 Å². The molecular formula is C18H21N3O. The molecule has 1 aliphatic carbocycles. The van der Waals surface area contributed by atoms with E-state index >= 15 is 0 Å². The summed E-state index contributed by atoms with van der Waals surface area (Å²) in [6.07, 6.45) is 2.71. The monoisotopic (exact) mass is 295 g/mol. The molecule has 4 nitrogen and oxygen atoms in total. The van der Waals surface area contributed by atoms with Gasteiger partial charge in [-0.3, -0.25) is 4.79 Å². The molecule has 2 aromatic rings. The average Bonchev–Trinajstić information content (AvgIpc) is 3.24. The molecule has 3 rings (SSSR count). The largest absolute Gasteiger partial charge is 0.326 e. The highest BCUT2D eigenvalue weighted by molar-refractivity contribution is 5.94. The first-order valence-electron chi connectivity index (χ1n) is 7.65. The number of aromatic nitrogens is 1. The lowest BCUT2D eigenvalue weighted by Gasteiger charge is -2.09. The van der Waals surface area contributed by atoms with E-state index in [2.05, 4.69) is 42.3 Å². The van der Waals surface area contributed by atoms with Crippen molar-refractivity contribution in [1.29, 1.82) is 0 Å². The molecule has 1 aromatic heterocycles. The Morgan fingerprint density at radius 1 is 1.32 bits per heavy atom. The van der Waals surface area contributed by atoms with Gasteiger partial charge in [0.05, 0.1) is 0 Å². The summed E-state index contributed by atoms with van der Waals surface area (Å²) in [7, 11) is 0. The van der Waals surface area contributed by atoms with Gasteiger partial charge in [0.25, 0.3) is 0 Å². The van der Waals surface area contributed by atoms with E-state index in [4.69, 9.17) is 5.73 Å². The molecule has 0 saturated heterocycles. The minimum Gasteiger partial charge on any atom is -0.326 e. The zero-order valence-electron chi connectivity index (χ0n) is 13.0. The maximum atomic E-state index is 12.0. The van der Waals surface area contributed by atoms with Crippen molar-refractivity contribution in [2.45, 2.75) is 26.8 Å². The van der Waals surface area contributed by atoms with Gasteiger partial charge in [-0.25, -0.2) is 4.98 Å². The smallest absolute Gasteiger partial charge is 0.228 e. The summed E-state index contributed by atoms with van der Waals surface area (Å²) in [5.41, 5.74) is 10.2. The number of aryl methyl sites for hydroxylation is 1. The normalized spacial score (nSPS) is 19.8. The van der Waals surface area contributed by atoms with Crippen LogP contribution in [0.3, 0.4) is 0 Å². The molecule has 4 heteroatoms. The van der Waals surface area contributed by atoms with E-state index in [1.54, 1.807) is 6.20 Å². The number of pyridine rings is 1. The van der Waals surface area contributed by atoms with Gasteiger partial charge in [0.2, 0.25) is 5.91 Å².